The highest BCUT2D eigenvalue weighted by atomic mass is 35.5. The largest absolute Gasteiger partial charge is 0.442 e. The maximum atomic E-state index is 13.9. The molecule has 2 aromatic carbocycles. The van der Waals surface area contributed by atoms with E-state index in [1.165, 1.54) is 0 Å². The van der Waals surface area contributed by atoms with Crippen LogP contribution in [0.4, 0.5) is 35.1 Å². The van der Waals surface area contributed by atoms with E-state index in [1.807, 2.05) is 0 Å². The van der Waals surface area contributed by atoms with Crippen molar-refractivity contribution in [3.63, 3.8) is 0 Å². The third-order valence-electron chi connectivity index (χ3n) is 3.77. The van der Waals surface area contributed by atoms with Gasteiger partial charge in [-0.1, -0.05) is 29.3 Å². The number of hydrogen-bond donors (Lipinski definition) is 0. The van der Waals surface area contributed by atoms with Crippen LogP contribution >= 0.6 is 23.2 Å². The van der Waals surface area contributed by atoms with Crippen molar-refractivity contribution in [1.29, 1.82) is 0 Å². The molecule has 172 valence electrons. The van der Waals surface area contributed by atoms with Crippen LogP contribution in [-0.4, -0.2) is 28.2 Å². The predicted octanol–water partition coefficient (Wildman–Crippen LogP) is 5.95. The van der Waals surface area contributed by atoms with Gasteiger partial charge in [-0.3, -0.25) is 0 Å². The molecule has 0 spiro atoms. The van der Waals surface area contributed by atoms with Crippen molar-refractivity contribution in [2.24, 2.45) is 0 Å². The molecule has 3 rings (SSSR count). The van der Waals surface area contributed by atoms with E-state index < -0.39 is 68.8 Å². The molecule has 0 saturated carbocycles. The molecule has 3 aromatic rings. The topological polar surface area (TPSA) is 57.3 Å². The first-order valence-electron chi connectivity index (χ1n) is 8.04. The normalized spacial score (nSPS) is 13.3. The van der Waals surface area contributed by atoms with Gasteiger partial charge in [0.05, 0.1) is 15.7 Å². The smallest absolute Gasteiger partial charge is 0.427 e. The van der Waals surface area contributed by atoms with Crippen LogP contribution in [0.2, 0.25) is 10.0 Å². The summed E-state index contributed by atoms with van der Waals surface area (Å²) in [6.07, 6.45) is -16.0. The first kappa shape index (κ1) is 23.9. The number of hydrogen-bond acceptors (Lipinski definition) is 4. The van der Waals surface area contributed by atoms with E-state index in [0.29, 0.717) is 16.8 Å². The van der Waals surface area contributed by atoms with E-state index in [9.17, 15) is 39.9 Å². The van der Waals surface area contributed by atoms with Crippen molar-refractivity contribution in [3.8, 4) is 22.9 Å². The standard InChI is InChI=1S/C17H6Cl2F8N2O3/c18-7-4-6(5-8(19)12(7)32-17(26,27)14(22)16(23,24)25)29-15(30)31-13(28-29)11-9(20)2-1-3-10(11)21/h1-5,14H. The van der Waals surface area contributed by atoms with Crippen LogP contribution in [0, 0.1) is 11.6 Å². The molecule has 0 saturated heterocycles. The van der Waals surface area contributed by atoms with Crippen molar-refractivity contribution in [2.75, 3.05) is 0 Å². The van der Waals surface area contributed by atoms with Gasteiger partial charge in [0.25, 0.3) is 12.1 Å². The molecule has 32 heavy (non-hydrogen) atoms. The molecule has 0 fully saturated rings. The Bertz CT molecular complexity index is 1180. The van der Waals surface area contributed by atoms with E-state index in [-0.39, 0.29) is 0 Å². The second-order valence-corrected chi connectivity index (χ2v) is 6.80. The van der Waals surface area contributed by atoms with Crippen molar-refractivity contribution in [3.05, 3.63) is 62.6 Å². The third kappa shape index (κ3) is 4.53. The average Bonchev–Trinajstić information content (AvgIpc) is 3.04. The summed E-state index contributed by atoms with van der Waals surface area (Å²) in [4.78, 5) is 12.0. The molecule has 0 aliphatic heterocycles. The van der Waals surface area contributed by atoms with Crippen LogP contribution in [0.5, 0.6) is 5.75 Å². The van der Waals surface area contributed by atoms with Gasteiger partial charge in [-0.15, -0.1) is 5.10 Å². The number of rotatable bonds is 5. The summed E-state index contributed by atoms with van der Waals surface area (Å²) in [6.45, 7) is 0. The monoisotopic (exact) mass is 508 g/mol. The van der Waals surface area contributed by atoms with E-state index in [4.69, 9.17) is 23.2 Å². The van der Waals surface area contributed by atoms with Crippen LogP contribution in [0.15, 0.2) is 39.5 Å². The Balaban J connectivity index is 2.01. The summed E-state index contributed by atoms with van der Waals surface area (Å²) in [5.74, 6) is -5.58. The van der Waals surface area contributed by atoms with Gasteiger partial charge in [-0.05, 0) is 24.3 Å². The fraction of sp³-hybridized carbons (Fsp3) is 0.176. The fourth-order valence-electron chi connectivity index (χ4n) is 2.39. The van der Waals surface area contributed by atoms with Crippen molar-refractivity contribution < 1.29 is 44.3 Å². The Hall–Kier alpha value is -2.80. The molecule has 1 heterocycles. The van der Waals surface area contributed by atoms with E-state index in [0.717, 1.165) is 18.2 Å². The minimum absolute atomic E-state index is 0.384. The average molecular weight is 509 g/mol. The van der Waals surface area contributed by atoms with Crippen LogP contribution in [0.25, 0.3) is 17.1 Å². The summed E-state index contributed by atoms with van der Waals surface area (Å²) in [5, 5.41) is 1.83. The molecule has 0 aliphatic carbocycles. The number of alkyl halides is 6. The lowest BCUT2D eigenvalue weighted by molar-refractivity contribution is -0.304. The number of halogens is 10. The lowest BCUT2D eigenvalue weighted by Gasteiger charge is -2.24. The minimum Gasteiger partial charge on any atom is -0.427 e. The zero-order chi connectivity index (χ0) is 24.0. The Labute approximate surface area is 181 Å². The highest BCUT2D eigenvalue weighted by Gasteiger charge is 2.59. The summed E-state index contributed by atoms with van der Waals surface area (Å²) in [6, 6.07) is 4.13. The zero-order valence-electron chi connectivity index (χ0n) is 14.9. The highest BCUT2D eigenvalue weighted by molar-refractivity contribution is 6.37. The molecule has 1 atom stereocenters. The molecule has 5 nitrogen and oxygen atoms in total. The summed E-state index contributed by atoms with van der Waals surface area (Å²) >= 11 is 11.4. The Kier molecular flexibility index (Phi) is 6.17. The maximum Gasteiger partial charge on any atom is 0.442 e. The van der Waals surface area contributed by atoms with Gasteiger partial charge in [-0.2, -0.15) is 26.6 Å². The van der Waals surface area contributed by atoms with Gasteiger partial charge in [0, 0.05) is 0 Å². The van der Waals surface area contributed by atoms with Crippen LogP contribution in [0.3, 0.4) is 0 Å². The Morgan fingerprint density at radius 1 is 1.03 bits per heavy atom. The number of benzene rings is 2. The number of nitrogens with zero attached hydrogens (tertiary/aromatic N) is 2. The molecular weight excluding hydrogens is 503 g/mol. The first-order valence-corrected chi connectivity index (χ1v) is 8.79. The maximum absolute atomic E-state index is 13.9. The summed E-state index contributed by atoms with van der Waals surface area (Å²) in [5.41, 5.74) is -1.19. The molecule has 0 bridgehead atoms. The van der Waals surface area contributed by atoms with Crippen LogP contribution < -0.4 is 10.5 Å². The number of ether oxygens (including phenoxy) is 1. The number of aromatic nitrogens is 2. The van der Waals surface area contributed by atoms with E-state index >= 15 is 0 Å². The summed E-state index contributed by atoms with van der Waals surface area (Å²) in [7, 11) is 0. The quantitative estimate of drug-likeness (QED) is 0.399. The molecule has 1 aromatic heterocycles. The van der Waals surface area contributed by atoms with Gasteiger partial charge in [0.1, 0.15) is 17.2 Å². The van der Waals surface area contributed by atoms with Crippen molar-refractivity contribution in [2.45, 2.75) is 18.5 Å². The zero-order valence-corrected chi connectivity index (χ0v) is 16.4. The lowest BCUT2D eigenvalue weighted by Crippen LogP contribution is -2.45. The minimum atomic E-state index is -5.95. The van der Waals surface area contributed by atoms with Crippen molar-refractivity contribution >= 4 is 23.2 Å². The second kappa shape index (κ2) is 8.28. The third-order valence-corrected chi connectivity index (χ3v) is 4.33. The molecular formula is C17H6Cl2F8N2O3. The van der Waals surface area contributed by atoms with E-state index in [1.54, 1.807) is 0 Å². The lowest BCUT2D eigenvalue weighted by atomic mass is 10.2. The molecule has 0 radical (unpaired) electrons. The van der Waals surface area contributed by atoms with Crippen LogP contribution in [-0.2, 0) is 0 Å². The van der Waals surface area contributed by atoms with Gasteiger partial charge in [0.2, 0.25) is 0 Å². The molecule has 1 unspecified atom stereocenters. The SMILES string of the molecule is O=c1oc(-c2c(F)cccc2F)nn1-c1cc(Cl)c(OC(F)(F)C(F)C(F)(F)F)c(Cl)c1. The fourth-order valence-corrected chi connectivity index (χ4v) is 2.94. The Morgan fingerprint density at radius 2 is 1.56 bits per heavy atom. The summed E-state index contributed by atoms with van der Waals surface area (Å²) < 4.78 is 113. The molecule has 0 amide bonds. The second-order valence-electron chi connectivity index (χ2n) is 5.99. The van der Waals surface area contributed by atoms with Gasteiger partial charge in [0.15, 0.2) is 5.75 Å². The van der Waals surface area contributed by atoms with Crippen molar-refractivity contribution in [1.82, 2.24) is 9.78 Å². The van der Waals surface area contributed by atoms with Gasteiger partial charge < -0.3 is 9.15 Å². The molecule has 0 N–H and O–H groups in total. The predicted molar refractivity (Wildman–Crippen MR) is 94.0 cm³/mol. The molecule has 0 aliphatic rings. The first-order chi connectivity index (χ1) is 14.7. The van der Waals surface area contributed by atoms with Crippen LogP contribution in [0.1, 0.15) is 0 Å². The van der Waals surface area contributed by atoms with Gasteiger partial charge >= 0.3 is 18.0 Å². The van der Waals surface area contributed by atoms with Gasteiger partial charge in [-0.25, -0.2) is 18.0 Å². The Morgan fingerprint density at radius 3 is 2.06 bits per heavy atom. The molecule has 15 heteroatoms. The van der Waals surface area contributed by atoms with E-state index in [2.05, 4.69) is 14.3 Å². The highest BCUT2D eigenvalue weighted by Crippen LogP contribution is 2.42.